The van der Waals surface area contributed by atoms with E-state index in [-0.39, 0.29) is 0 Å². The minimum Gasteiger partial charge on any atom is -0.497 e. The predicted octanol–water partition coefficient (Wildman–Crippen LogP) is 3.61. The summed E-state index contributed by atoms with van der Waals surface area (Å²) in [6, 6.07) is 12.5. The molecule has 0 spiro atoms. The van der Waals surface area contributed by atoms with Gasteiger partial charge in [-0.2, -0.15) is 0 Å². The van der Waals surface area contributed by atoms with Crippen LogP contribution in [0.5, 0.6) is 5.75 Å². The molecule has 1 aromatic heterocycles. The maximum Gasteiger partial charge on any atom is 0.223 e. The second-order valence-electron chi connectivity index (χ2n) is 7.77. The number of carbonyl (C=O) groups is 1. The number of aryl methyl sites for hydroxylation is 1. The average molecular weight is 368 g/mol. The third-order valence-electron chi connectivity index (χ3n) is 5.92. The van der Waals surface area contributed by atoms with E-state index in [4.69, 9.17) is 9.15 Å². The Morgan fingerprint density at radius 3 is 2.63 bits per heavy atom. The fraction of sp³-hybridized carbons (Fsp3) is 0.500. The van der Waals surface area contributed by atoms with E-state index < -0.39 is 0 Å². The molecule has 0 aliphatic carbocycles. The Morgan fingerprint density at radius 2 is 1.93 bits per heavy atom. The molecule has 2 saturated heterocycles. The summed E-state index contributed by atoms with van der Waals surface area (Å²) in [5, 5.41) is 0. The minimum absolute atomic E-state index is 0.294. The second kappa shape index (κ2) is 7.77. The van der Waals surface area contributed by atoms with Gasteiger partial charge >= 0.3 is 0 Å². The van der Waals surface area contributed by atoms with E-state index in [1.54, 1.807) is 7.11 Å². The molecule has 1 amide bonds. The second-order valence-corrected chi connectivity index (χ2v) is 7.77. The van der Waals surface area contributed by atoms with Crippen LogP contribution in [0.3, 0.4) is 0 Å². The van der Waals surface area contributed by atoms with Gasteiger partial charge in [-0.3, -0.25) is 9.69 Å². The molecule has 5 nitrogen and oxygen atoms in total. The molecule has 0 saturated carbocycles. The van der Waals surface area contributed by atoms with Gasteiger partial charge in [-0.25, -0.2) is 0 Å². The number of furan rings is 1. The lowest BCUT2D eigenvalue weighted by Gasteiger charge is -2.47. The standard InChI is InChI=1S/C22H28N2O3/c1-16-3-7-20(27-16)15-23-12-11-21-18(14-23)6-10-22(25)24(21)13-17-4-8-19(26-2)9-5-17/h3-5,7-9,18,21H,6,10-15H2,1-2H3/t18-,21+/m1/s1. The molecule has 2 aliphatic heterocycles. The normalized spacial score (nSPS) is 23.3. The topological polar surface area (TPSA) is 45.9 Å². The number of likely N-dealkylation sites (tertiary alicyclic amines) is 2. The summed E-state index contributed by atoms with van der Waals surface area (Å²) < 4.78 is 11.0. The quantitative estimate of drug-likeness (QED) is 0.809. The molecule has 4 rings (SSSR count). The zero-order valence-electron chi connectivity index (χ0n) is 16.2. The van der Waals surface area contributed by atoms with E-state index in [0.29, 0.717) is 30.8 Å². The highest BCUT2D eigenvalue weighted by atomic mass is 16.5. The monoisotopic (exact) mass is 368 g/mol. The van der Waals surface area contributed by atoms with Crippen LogP contribution < -0.4 is 4.74 Å². The first kappa shape index (κ1) is 18.1. The molecule has 144 valence electrons. The van der Waals surface area contributed by atoms with E-state index >= 15 is 0 Å². The Bertz CT molecular complexity index is 783. The van der Waals surface area contributed by atoms with Gasteiger partial charge in [-0.05, 0) is 55.5 Å². The Balaban J connectivity index is 1.41. The van der Waals surface area contributed by atoms with Crippen molar-refractivity contribution in [1.82, 2.24) is 9.80 Å². The molecule has 0 radical (unpaired) electrons. The van der Waals surface area contributed by atoms with E-state index in [0.717, 1.165) is 49.7 Å². The maximum absolute atomic E-state index is 12.6. The van der Waals surface area contributed by atoms with Crippen LogP contribution in [0.15, 0.2) is 40.8 Å². The number of piperidine rings is 2. The SMILES string of the molecule is COc1ccc(CN2C(=O)CC[C@@H]3CN(Cc4ccc(C)o4)CC[C@@H]32)cc1. The Kier molecular flexibility index (Phi) is 5.21. The molecule has 2 aromatic rings. The van der Waals surface area contributed by atoms with Crippen LogP contribution in [0, 0.1) is 12.8 Å². The number of fused-ring (bicyclic) bond motifs is 1. The van der Waals surface area contributed by atoms with Gasteiger partial charge in [0.1, 0.15) is 17.3 Å². The van der Waals surface area contributed by atoms with E-state index in [9.17, 15) is 4.79 Å². The first-order valence-electron chi connectivity index (χ1n) is 9.82. The van der Waals surface area contributed by atoms with Crippen LogP contribution in [0.2, 0.25) is 0 Å². The number of rotatable bonds is 5. The van der Waals surface area contributed by atoms with Gasteiger partial charge in [0.05, 0.1) is 13.7 Å². The van der Waals surface area contributed by atoms with Gasteiger partial charge in [-0.15, -0.1) is 0 Å². The molecule has 2 aliphatic rings. The fourth-order valence-corrected chi connectivity index (χ4v) is 4.49. The van der Waals surface area contributed by atoms with Crippen molar-refractivity contribution < 1.29 is 13.9 Å². The van der Waals surface area contributed by atoms with Crippen LogP contribution in [-0.4, -0.2) is 41.9 Å². The Hall–Kier alpha value is -2.27. The van der Waals surface area contributed by atoms with Crippen molar-refractivity contribution in [2.24, 2.45) is 5.92 Å². The number of amides is 1. The molecule has 2 atom stereocenters. The molecule has 3 heterocycles. The Labute approximate surface area is 160 Å². The van der Waals surface area contributed by atoms with Crippen molar-refractivity contribution in [2.45, 2.75) is 45.3 Å². The minimum atomic E-state index is 0.294. The van der Waals surface area contributed by atoms with E-state index in [1.165, 1.54) is 5.56 Å². The number of carbonyl (C=O) groups excluding carboxylic acids is 1. The largest absolute Gasteiger partial charge is 0.497 e. The summed E-state index contributed by atoms with van der Waals surface area (Å²) >= 11 is 0. The number of methoxy groups -OCH3 is 1. The number of nitrogens with zero attached hydrogens (tertiary/aromatic N) is 2. The van der Waals surface area contributed by atoms with Gasteiger partial charge < -0.3 is 14.1 Å². The average Bonchev–Trinajstić information content (AvgIpc) is 3.09. The fourth-order valence-electron chi connectivity index (χ4n) is 4.49. The smallest absolute Gasteiger partial charge is 0.223 e. The van der Waals surface area contributed by atoms with Gasteiger partial charge in [0, 0.05) is 32.1 Å². The van der Waals surface area contributed by atoms with E-state index in [2.05, 4.69) is 28.0 Å². The predicted molar refractivity (Wildman–Crippen MR) is 103 cm³/mol. The molecule has 5 heteroatoms. The van der Waals surface area contributed by atoms with Crippen molar-refractivity contribution in [3.05, 3.63) is 53.5 Å². The number of ether oxygens (including phenoxy) is 1. The van der Waals surface area contributed by atoms with Crippen LogP contribution in [0.4, 0.5) is 0 Å². The third kappa shape index (κ3) is 4.03. The lowest BCUT2D eigenvalue weighted by molar-refractivity contribution is -0.142. The van der Waals surface area contributed by atoms with Crippen LogP contribution in [-0.2, 0) is 17.9 Å². The summed E-state index contributed by atoms with van der Waals surface area (Å²) in [5.41, 5.74) is 1.17. The van der Waals surface area contributed by atoms with Gasteiger partial charge in [0.25, 0.3) is 0 Å². The molecule has 0 bridgehead atoms. The van der Waals surface area contributed by atoms with Crippen LogP contribution >= 0.6 is 0 Å². The summed E-state index contributed by atoms with van der Waals surface area (Å²) in [6.07, 6.45) is 2.69. The third-order valence-corrected chi connectivity index (χ3v) is 5.92. The molecule has 1 aromatic carbocycles. The number of benzene rings is 1. The van der Waals surface area contributed by atoms with Crippen molar-refractivity contribution in [3.63, 3.8) is 0 Å². The van der Waals surface area contributed by atoms with Crippen LogP contribution in [0.1, 0.15) is 36.3 Å². The zero-order chi connectivity index (χ0) is 18.8. The van der Waals surface area contributed by atoms with Gasteiger partial charge in [0.15, 0.2) is 0 Å². The summed E-state index contributed by atoms with van der Waals surface area (Å²) in [7, 11) is 1.67. The lowest BCUT2D eigenvalue weighted by Crippen LogP contribution is -2.55. The van der Waals surface area contributed by atoms with Crippen molar-refractivity contribution in [3.8, 4) is 5.75 Å². The first-order chi connectivity index (χ1) is 13.1. The molecule has 0 N–H and O–H groups in total. The number of hydrogen-bond acceptors (Lipinski definition) is 4. The highest BCUT2D eigenvalue weighted by Gasteiger charge is 2.39. The molecular formula is C22H28N2O3. The lowest BCUT2D eigenvalue weighted by atomic mass is 9.83. The van der Waals surface area contributed by atoms with Gasteiger partial charge in [-0.1, -0.05) is 12.1 Å². The summed E-state index contributed by atoms with van der Waals surface area (Å²) in [5.74, 6) is 3.69. The summed E-state index contributed by atoms with van der Waals surface area (Å²) in [4.78, 5) is 17.2. The molecule has 27 heavy (non-hydrogen) atoms. The molecule has 2 fully saturated rings. The number of hydrogen-bond donors (Lipinski definition) is 0. The summed E-state index contributed by atoms with van der Waals surface area (Å²) in [6.45, 7) is 5.59. The van der Waals surface area contributed by atoms with Crippen molar-refractivity contribution in [1.29, 1.82) is 0 Å². The molecular weight excluding hydrogens is 340 g/mol. The zero-order valence-corrected chi connectivity index (χ0v) is 16.2. The van der Waals surface area contributed by atoms with Crippen LogP contribution in [0.25, 0.3) is 0 Å². The first-order valence-corrected chi connectivity index (χ1v) is 9.82. The van der Waals surface area contributed by atoms with Crippen molar-refractivity contribution in [2.75, 3.05) is 20.2 Å². The van der Waals surface area contributed by atoms with E-state index in [1.807, 2.05) is 25.1 Å². The van der Waals surface area contributed by atoms with Gasteiger partial charge in [0.2, 0.25) is 5.91 Å². The maximum atomic E-state index is 12.6. The highest BCUT2D eigenvalue weighted by Crippen LogP contribution is 2.33. The highest BCUT2D eigenvalue weighted by molar-refractivity contribution is 5.77. The molecule has 0 unspecified atom stereocenters. The Morgan fingerprint density at radius 1 is 1.11 bits per heavy atom. The van der Waals surface area contributed by atoms with Crippen molar-refractivity contribution >= 4 is 5.91 Å².